The Labute approximate surface area is 126 Å². The summed E-state index contributed by atoms with van der Waals surface area (Å²) in [5.41, 5.74) is 2.64. The van der Waals surface area contributed by atoms with Gasteiger partial charge in [0.05, 0.1) is 23.9 Å². The van der Waals surface area contributed by atoms with Gasteiger partial charge in [-0.25, -0.2) is 0 Å². The fourth-order valence-corrected chi connectivity index (χ4v) is 2.77. The van der Waals surface area contributed by atoms with Crippen molar-refractivity contribution in [3.8, 4) is 11.8 Å². The van der Waals surface area contributed by atoms with Crippen molar-refractivity contribution in [2.24, 2.45) is 0 Å². The molecule has 1 aliphatic rings. The van der Waals surface area contributed by atoms with E-state index in [-0.39, 0.29) is 6.04 Å². The number of nitriles is 1. The molecule has 20 heavy (non-hydrogen) atoms. The standard InChI is InChI=1S/C16H13BrN2O/c17-12-6-5-11(10-18)15(9-12)19-14-7-8-20-16-4-2-1-3-13(14)16/h1-6,9,14,19H,7-8H2. The molecule has 0 amide bonds. The molecule has 2 aromatic rings. The van der Waals surface area contributed by atoms with Crippen LogP contribution in [0.2, 0.25) is 0 Å². The summed E-state index contributed by atoms with van der Waals surface area (Å²) in [5.74, 6) is 0.921. The van der Waals surface area contributed by atoms with E-state index in [1.807, 2.05) is 36.4 Å². The van der Waals surface area contributed by atoms with Crippen molar-refractivity contribution < 1.29 is 4.74 Å². The van der Waals surface area contributed by atoms with Gasteiger partial charge in [0.25, 0.3) is 0 Å². The fraction of sp³-hybridized carbons (Fsp3) is 0.188. The SMILES string of the molecule is N#Cc1ccc(Br)cc1NC1CCOc2ccccc21. The number of ether oxygens (including phenoxy) is 1. The maximum atomic E-state index is 9.20. The molecule has 0 radical (unpaired) electrons. The number of rotatable bonds is 2. The Hall–Kier alpha value is -1.99. The van der Waals surface area contributed by atoms with Gasteiger partial charge in [0.15, 0.2) is 0 Å². The Bertz CT molecular complexity index is 678. The van der Waals surface area contributed by atoms with Gasteiger partial charge in [0.1, 0.15) is 11.8 Å². The second kappa shape index (κ2) is 5.56. The van der Waals surface area contributed by atoms with Crippen LogP contribution < -0.4 is 10.1 Å². The number of nitrogens with one attached hydrogen (secondary N) is 1. The van der Waals surface area contributed by atoms with E-state index in [9.17, 15) is 5.26 Å². The van der Waals surface area contributed by atoms with Gasteiger partial charge in [-0.2, -0.15) is 5.26 Å². The summed E-state index contributed by atoms with van der Waals surface area (Å²) in [6.45, 7) is 0.685. The van der Waals surface area contributed by atoms with Crippen molar-refractivity contribution in [2.75, 3.05) is 11.9 Å². The van der Waals surface area contributed by atoms with E-state index in [1.54, 1.807) is 0 Å². The predicted octanol–water partition coefficient (Wildman–Crippen LogP) is 4.26. The lowest BCUT2D eigenvalue weighted by Gasteiger charge is -2.27. The largest absolute Gasteiger partial charge is 0.493 e. The van der Waals surface area contributed by atoms with Gasteiger partial charge >= 0.3 is 0 Å². The van der Waals surface area contributed by atoms with Gasteiger partial charge in [-0.3, -0.25) is 0 Å². The molecule has 1 unspecified atom stereocenters. The number of halogens is 1. The summed E-state index contributed by atoms with van der Waals surface area (Å²) >= 11 is 3.45. The van der Waals surface area contributed by atoms with Crippen LogP contribution in [0.3, 0.4) is 0 Å². The molecule has 0 fully saturated rings. The van der Waals surface area contributed by atoms with Crippen LogP contribution in [0.15, 0.2) is 46.9 Å². The highest BCUT2D eigenvalue weighted by molar-refractivity contribution is 9.10. The highest BCUT2D eigenvalue weighted by Crippen LogP contribution is 2.35. The summed E-state index contributed by atoms with van der Waals surface area (Å²) in [7, 11) is 0. The molecule has 0 spiro atoms. The van der Waals surface area contributed by atoms with Gasteiger partial charge in [0, 0.05) is 16.5 Å². The van der Waals surface area contributed by atoms with E-state index >= 15 is 0 Å². The Morgan fingerprint density at radius 2 is 2.10 bits per heavy atom. The lowest BCUT2D eigenvalue weighted by atomic mass is 10.00. The third-order valence-electron chi connectivity index (χ3n) is 3.39. The Morgan fingerprint density at radius 3 is 2.95 bits per heavy atom. The van der Waals surface area contributed by atoms with Gasteiger partial charge in [-0.15, -0.1) is 0 Å². The molecule has 1 aliphatic heterocycles. The Morgan fingerprint density at radius 1 is 1.25 bits per heavy atom. The molecule has 1 heterocycles. The first-order valence-electron chi connectivity index (χ1n) is 6.46. The van der Waals surface area contributed by atoms with Crippen molar-refractivity contribution in [1.82, 2.24) is 0 Å². The number of para-hydroxylation sites is 1. The number of hydrogen-bond donors (Lipinski definition) is 1. The minimum absolute atomic E-state index is 0.168. The minimum atomic E-state index is 0.168. The average Bonchev–Trinajstić information content (AvgIpc) is 2.48. The molecule has 4 heteroatoms. The van der Waals surface area contributed by atoms with Crippen molar-refractivity contribution in [2.45, 2.75) is 12.5 Å². The minimum Gasteiger partial charge on any atom is -0.493 e. The summed E-state index contributed by atoms with van der Waals surface area (Å²) in [5, 5.41) is 12.7. The van der Waals surface area contributed by atoms with Crippen LogP contribution in [0.4, 0.5) is 5.69 Å². The average molecular weight is 329 g/mol. The van der Waals surface area contributed by atoms with E-state index < -0.39 is 0 Å². The van der Waals surface area contributed by atoms with E-state index in [0.717, 1.165) is 27.9 Å². The maximum absolute atomic E-state index is 9.20. The molecule has 2 aromatic carbocycles. The lowest BCUT2D eigenvalue weighted by Crippen LogP contribution is -2.20. The van der Waals surface area contributed by atoms with Crippen molar-refractivity contribution in [3.05, 3.63) is 58.1 Å². The van der Waals surface area contributed by atoms with Crippen LogP contribution in [0.25, 0.3) is 0 Å². The number of fused-ring (bicyclic) bond motifs is 1. The number of hydrogen-bond acceptors (Lipinski definition) is 3. The lowest BCUT2D eigenvalue weighted by molar-refractivity contribution is 0.274. The summed E-state index contributed by atoms with van der Waals surface area (Å²) < 4.78 is 6.62. The quantitative estimate of drug-likeness (QED) is 0.895. The van der Waals surface area contributed by atoms with Crippen LogP contribution in [-0.2, 0) is 0 Å². The third kappa shape index (κ3) is 2.50. The molecule has 3 rings (SSSR count). The second-order valence-corrected chi connectivity index (χ2v) is 5.59. The van der Waals surface area contributed by atoms with E-state index in [4.69, 9.17) is 4.74 Å². The molecule has 100 valence electrons. The van der Waals surface area contributed by atoms with Crippen molar-refractivity contribution >= 4 is 21.6 Å². The first-order valence-corrected chi connectivity index (χ1v) is 7.25. The van der Waals surface area contributed by atoms with Gasteiger partial charge in [-0.1, -0.05) is 34.1 Å². The molecule has 0 saturated carbocycles. The second-order valence-electron chi connectivity index (χ2n) is 4.67. The zero-order chi connectivity index (χ0) is 13.9. The van der Waals surface area contributed by atoms with E-state index in [2.05, 4.69) is 33.4 Å². The molecular weight excluding hydrogens is 316 g/mol. The van der Waals surface area contributed by atoms with Crippen LogP contribution in [0.5, 0.6) is 5.75 Å². The highest BCUT2D eigenvalue weighted by atomic mass is 79.9. The molecule has 0 aliphatic carbocycles. The molecule has 0 saturated heterocycles. The molecule has 0 bridgehead atoms. The van der Waals surface area contributed by atoms with Gasteiger partial charge < -0.3 is 10.1 Å². The van der Waals surface area contributed by atoms with Crippen molar-refractivity contribution in [1.29, 1.82) is 5.26 Å². The topological polar surface area (TPSA) is 45.0 Å². The zero-order valence-electron chi connectivity index (χ0n) is 10.8. The third-order valence-corrected chi connectivity index (χ3v) is 3.88. The Kier molecular flexibility index (Phi) is 3.62. The first-order chi connectivity index (χ1) is 9.78. The molecule has 1 atom stereocenters. The van der Waals surface area contributed by atoms with Crippen LogP contribution >= 0.6 is 15.9 Å². The molecule has 3 nitrogen and oxygen atoms in total. The molecule has 1 N–H and O–H groups in total. The van der Waals surface area contributed by atoms with E-state index in [0.29, 0.717) is 12.2 Å². The zero-order valence-corrected chi connectivity index (χ0v) is 12.4. The van der Waals surface area contributed by atoms with Crippen LogP contribution in [0.1, 0.15) is 23.6 Å². The number of anilines is 1. The number of nitrogens with zero attached hydrogens (tertiary/aromatic N) is 1. The van der Waals surface area contributed by atoms with Gasteiger partial charge in [0.2, 0.25) is 0 Å². The normalized spacial score (nSPS) is 16.7. The van der Waals surface area contributed by atoms with Crippen molar-refractivity contribution in [3.63, 3.8) is 0 Å². The monoisotopic (exact) mass is 328 g/mol. The smallest absolute Gasteiger partial charge is 0.124 e. The molecule has 0 aromatic heterocycles. The first kappa shape index (κ1) is 13.0. The number of benzene rings is 2. The molecular formula is C16H13BrN2O. The predicted molar refractivity (Wildman–Crippen MR) is 81.8 cm³/mol. The summed E-state index contributed by atoms with van der Waals surface area (Å²) in [6.07, 6.45) is 0.883. The maximum Gasteiger partial charge on any atom is 0.124 e. The summed E-state index contributed by atoms with van der Waals surface area (Å²) in [4.78, 5) is 0. The Balaban J connectivity index is 1.93. The summed E-state index contributed by atoms with van der Waals surface area (Å²) in [6, 6.07) is 16.1. The van der Waals surface area contributed by atoms with Gasteiger partial charge in [-0.05, 0) is 24.3 Å². The van der Waals surface area contributed by atoms with E-state index in [1.165, 1.54) is 0 Å². The highest BCUT2D eigenvalue weighted by Gasteiger charge is 2.21. The van der Waals surface area contributed by atoms with Crippen LogP contribution in [-0.4, -0.2) is 6.61 Å². The van der Waals surface area contributed by atoms with Crippen LogP contribution in [0, 0.1) is 11.3 Å². The fourth-order valence-electron chi connectivity index (χ4n) is 2.41.